The zero-order chi connectivity index (χ0) is 15.0. The van der Waals surface area contributed by atoms with Crippen molar-refractivity contribution < 1.29 is 14.3 Å². The molecule has 0 bridgehead atoms. The molecule has 2 aliphatic rings. The Morgan fingerprint density at radius 1 is 1.20 bits per heavy atom. The fourth-order valence-corrected chi connectivity index (χ4v) is 2.62. The van der Waals surface area contributed by atoms with Crippen molar-refractivity contribution in [3.8, 4) is 0 Å². The highest BCUT2D eigenvalue weighted by molar-refractivity contribution is 5.79. The van der Waals surface area contributed by atoms with Crippen LogP contribution < -0.4 is 10.6 Å². The molecule has 0 radical (unpaired) electrons. The molecule has 1 atom stereocenters. The number of ether oxygens (including phenoxy) is 1. The van der Waals surface area contributed by atoms with E-state index in [1.807, 2.05) is 20.8 Å². The van der Waals surface area contributed by atoms with Crippen molar-refractivity contribution in [2.24, 2.45) is 5.92 Å². The molecule has 1 heterocycles. The van der Waals surface area contributed by atoms with Gasteiger partial charge in [-0.3, -0.25) is 9.59 Å². The van der Waals surface area contributed by atoms with Gasteiger partial charge in [0.1, 0.15) is 5.60 Å². The summed E-state index contributed by atoms with van der Waals surface area (Å²) in [5.74, 6) is 0.896. The number of carbonyl (C=O) groups is 2. The molecule has 1 aliphatic heterocycles. The van der Waals surface area contributed by atoms with Gasteiger partial charge in [-0.25, -0.2) is 0 Å². The largest absolute Gasteiger partial charge is 0.462 e. The number of amides is 1. The molecule has 5 nitrogen and oxygen atoms in total. The Balaban J connectivity index is 0.000000246. The van der Waals surface area contributed by atoms with Crippen molar-refractivity contribution in [3.63, 3.8) is 0 Å². The van der Waals surface area contributed by atoms with E-state index >= 15 is 0 Å². The number of hydrogen-bond donors (Lipinski definition) is 2. The molecule has 0 spiro atoms. The Morgan fingerprint density at radius 2 is 1.85 bits per heavy atom. The predicted octanol–water partition coefficient (Wildman–Crippen LogP) is 1.61. The summed E-state index contributed by atoms with van der Waals surface area (Å²) in [4.78, 5) is 20.7. The van der Waals surface area contributed by atoms with Gasteiger partial charge in [-0.05, 0) is 39.5 Å². The number of hydrogen-bond acceptors (Lipinski definition) is 4. The minimum atomic E-state index is -0.318. The summed E-state index contributed by atoms with van der Waals surface area (Å²) in [7, 11) is 0. The van der Waals surface area contributed by atoms with Crippen molar-refractivity contribution >= 4 is 12.4 Å². The van der Waals surface area contributed by atoms with Gasteiger partial charge in [0.2, 0.25) is 5.91 Å². The summed E-state index contributed by atoms with van der Waals surface area (Å²) in [6.45, 7) is 7.39. The van der Waals surface area contributed by atoms with Gasteiger partial charge >= 0.3 is 0 Å². The average Bonchev–Trinajstić information content (AvgIpc) is 2.39. The van der Waals surface area contributed by atoms with Crippen molar-refractivity contribution in [1.82, 2.24) is 10.6 Å². The molecule has 0 aromatic carbocycles. The Bertz CT molecular complexity index is 307. The normalized spacial score (nSPS) is 24.1. The molecule has 2 N–H and O–H groups in total. The molecule has 116 valence electrons. The highest BCUT2D eigenvalue weighted by Crippen LogP contribution is 2.26. The molecule has 1 amide bonds. The molecule has 1 saturated carbocycles. The van der Waals surface area contributed by atoms with E-state index < -0.39 is 0 Å². The zero-order valence-electron chi connectivity index (χ0n) is 12.9. The first kappa shape index (κ1) is 17.0. The van der Waals surface area contributed by atoms with Crippen molar-refractivity contribution in [2.75, 3.05) is 13.1 Å². The van der Waals surface area contributed by atoms with Gasteiger partial charge in [0.15, 0.2) is 0 Å². The SMILES string of the molecule is CC(C)(C)OC=O.O=C1CNCC(C2CCCCC2)N1. The highest BCUT2D eigenvalue weighted by Gasteiger charge is 2.27. The fraction of sp³-hybridized carbons (Fsp3) is 0.867. The molecule has 5 heteroatoms. The van der Waals surface area contributed by atoms with Gasteiger partial charge in [0.05, 0.1) is 6.54 Å². The second-order valence-corrected chi connectivity index (χ2v) is 6.53. The van der Waals surface area contributed by atoms with Crippen LogP contribution in [-0.4, -0.2) is 37.1 Å². The van der Waals surface area contributed by atoms with E-state index in [1.54, 1.807) is 0 Å². The van der Waals surface area contributed by atoms with E-state index in [1.165, 1.54) is 32.1 Å². The lowest BCUT2D eigenvalue weighted by Crippen LogP contribution is -2.55. The highest BCUT2D eigenvalue weighted by atomic mass is 16.5. The lowest BCUT2D eigenvalue weighted by Gasteiger charge is -2.33. The smallest absolute Gasteiger partial charge is 0.293 e. The summed E-state index contributed by atoms with van der Waals surface area (Å²) in [6.07, 6.45) is 6.66. The van der Waals surface area contributed by atoms with Gasteiger partial charge < -0.3 is 15.4 Å². The monoisotopic (exact) mass is 284 g/mol. The molecule has 0 aromatic rings. The van der Waals surface area contributed by atoms with Crippen LogP contribution in [0.1, 0.15) is 52.9 Å². The van der Waals surface area contributed by atoms with E-state index in [0.29, 0.717) is 19.1 Å². The van der Waals surface area contributed by atoms with Crippen LogP contribution in [0.25, 0.3) is 0 Å². The van der Waals surface area contributed by atoms with E-state index in [-0.39, 0.29) is 11.5 Å². The fourth-order valence-electron chi connectivity index (χ4n) is 2.62. The maximum atomic E-state index is 11.1. The van der Waals surface area contributed by atoms with Crippen molar-refractivity contribution in [3.05, 3.63) is 0 Å². The number of piperazine rings is 1. The van der Waals surface area contributed by atoms with Crippen LogP contribution in [0.2, 0.25) is 0 Å². The molecular weight excluding hydrogens is 256 g/mol. The molecule has 1 unspecified atom stereocenters. The number of nitrogens with one attached hydrogen (secondary N) is 2. The van der Waals surface area contributed by atoms with Crippen LogP contribution in [0.3, 0.4) is 0 Å². The summed E-state index contributed by atoms with van der Waals surface area (Å²) < 4.78 is 4.55. The maximum Gasteiger partial charge on any atom is 0.293 e. The van der Waals surface area contributed by atoms with E-state index in [4.69, 9.17) is 0 Å². The quantitative estimate of drug-likeness (QED) is 0.756. The third-order valence-corrected chi connectivity index (χ3v) is 3.62. The molecule has 2 fully saturated rings. The van der Waals surface area contributed by atoms with Gasteiger partial charge in [-0.15, -0.1) is 0 Å². The standard InChI is InChI=1S/C10H18N2O.C5H10O2/c13-10-7-11-6-9(12-10)8-4-2-1-3-5-8;1-5(2,3)7-4-6/h8-9,11H,1-7H2,(H,12,13);4H,1-3H3. The lowest BCUT2D eigenvalue weighted by molar-refractivity contribution is -0.138. The molecule has 0 aromatic heterocycles. The van der Waals surface area contributed by atoms with Crippen LogP contribution >= 0.6 is 0 Å². The summed E-state index contributed by atoms with van der Waals surface area (Å²) in [5, 5.41) is 6.25. The Morgan fingerprint density at radius 3 is 2.30 bits per heavy atom. The molecule has 2 rings (SSSR count). The van der Waals surface area contributed by atoms with E-state index in [0.717, 1.165) is 12.5 Å². The van der Waals surface area contributed by atoms with Crippen LogP contribution in [0.5, 0.6) is 0 Å². The second kappa shape index (κ2) is 8.25. The first-order valence-corrected chi connectivity index (χ1v) is 7.54. The first-order chi connectivity index (χ1) is 9.42. The number of rotatable bonds is 2. The average molecular weight is 284 g/mol. The van der Waals surface area contributed by atoms with Gasteiger partial charge in [-0.1, -0.05) is 19.3 Å². The number of carbonyl (C=O) groups excluding carboxylic acids is 2. The Hall–Kier alpha value is -1.10. The molecule has 1 saturated heterocycles. The molecule has 20 heavy (non-hydrogen) atoms. The predicted molar refractivity (Wildman–Crippen MR) is 78.3 cm³/mol. The van der Waals surface area contributed by atoms with Crippen LogP contribution in [0.4, 0.5) is 0 Å². The third-order valence-electron chi connectivity index (χ3n) is 3.62. The summed E-state index contributed by atoms with van der Waals surface area (Å²) in [5.41, 5.74) is -0.318. The first-order valence-electron chi connectivity index (χ1n) is 7.54. The lowest BCUT2D eigenvalue weighted by atomic mass is 9.83. The topological polar surface area (TPSA) is 67.4 Å². The summed E-state index contributed by atoms with van der Waals surface area (Å²) >= 11 is 0. The van der Waals surface area contributed by atoms with Crippen LogP contribution in [-0.2, 0) is 14.3 Å². The molecule has 1 aliphatic carbocycles. The minimum Gasteiger partial charge on any atom is -0.462 e. The minimum absolute atomic E-state index is 0.168. The van der Waals surface area contributed by atoms with E-state index in [9.17, 15) is 9.59 Å². The van der Waals surface area contributed by atoms with Crippen LogP contribution in [0, 0.1) is 5.92 Å². The third kappa shape index (κ3) is 6.89. The van der Waals surface area contributed by atoms with Crippen molar-refractivity contribution in [1.29, 1.82) is 0 Å². The van der Waals surface area contributed by atoms with Gasteiger partial charge in [0, 0.05) is 12.6 Å². The molecular formula is C15H28N2O3. The van der Waals surface area contributed by atoms with E-state index in [2.05, 4.69) is 15.4 Å². The zero-order valence-corrected chi connectivity index (χ0v) is 12.9. The second-order valence-electron chi connectivity index (χ2n) is 6.53. The van der Waals surface area contributed by atoms with Gasteiger partial charge in [-0.2, -0.15) is 0 Å². The van der Waals surface area contributed by atoms with Gasteiger partial charge in [0.25, 0.3) is 6.47 Å². The summed E-state index contributed by atoms with van der Waals surface area (Å²) in [6, 6.07) is 0.404. The Labute approximate surface area is 121 Å². The van der Waals surface area contributed by atoms with Crippen LogP contribution in [0.15, 0.2) is 0 Å². The van der Waals surface area contributed by atoms with Crippen molar-refractivity contribution in [2.45, 2.75) is 64.5 Å². The maximum absolute atomic E-state index is 11.1. The Kier molecular flexibility index (Phi) is 6.99.